The first kappa shape index (κ1) is 6.80. The molecule has 53 valence electrons. The van der Waals surface area contributed by atoms with Gasteiger partial charge in [0.1, 0.15) is 0 Å². The summed E-state index contributed by atoms with van der Waals surface area (Å²) in [5, 5.41) is 6.28. The summed E-state index contributed by atoms with van der Waals surface area (Å²) in [6.45, 7) is 0. The molecule has 0 unspecified atom stereocenters. The monoisotopic (exact) mass is 138 g/mol. The molecule has 1 radical (unpaired) electrons. The Morgan fingerprint density at radius 1 is 1.90 bits per heavy atom. The Kier molecular flexibility index (Phi) is 1.71. The van der Waals surface area contributed by atoms with Gasteiger partial charge in [-0.05, 0) is 0 Å². The Balaban J connectivity index is 2.85. The van der Waals surface area contributed by atoms with Gasteiger partial charge >= 0.3 is 0 Å². The minimum atomic E-state index is -0.208. The maximum absolute atomic E-state index is 10.8. The molecule has 4 nitrogen and oxygen atoms in total. The summed E-state index contributed by atoms with van der Waals surface area (Å²) in [4.78, 5) is 10.8. The lowest BCUT2D eigenvalue weighted by atomic mass is 10.4. The third kappa shape index (κ3) is 1.15. The van der Waals surface area contributed by atoms with E-state index in [0.717, 1.165) is 0 Å². The number of carbonyl (C=O) groups excluding carboxylic acids is 1. The molecule has 1 heterocycles. The molecule has 0 aromatic carbocycles. The van der Waals surface area contributed by atoms with Crippen LogP contribution in [0.25, 0.3) is 0 Å². The maximum Gasteiger partial charge on any atom is 0.272 e. The van der Waals surface area contributed by atoms with Crippen LogP contribution in [0.5, 0.6) is 0 Å². The van der Waals surface area contributed by atoms with E-state index >= 15 is 0 Å². The van der Waals surface area contributed by atoms with E-state index in [4.69, 9.17) is 0 Å². The van der Waals surface area contributed by atoms with E-state index in [2.05, 4.69) is 16.5 Å². The zero-order chi connectivity index (χ0) is 7.56. The van der Waals surface area contributed by atoms with Gasteiger partial charge in [-0.2, -0.15) is 5.10 Å². The van der Waals surface area contributed by atoms with Crippen molar-refractivity contribution in [1.29, 1.82) is 0 Å². The van der Waals surface area contributed by atoms with Crippen LogP contribution in [0.2, 0.25) is 0 Å². The number of nitrogens with one attached hydrogen (secondary N) is 1. The molecule has 1 N–H and O–H groups in total. The lowest BCUT2D eigenvalue weighted by Gasteiger charge is -1.90. The molecule has 1 rings (SSSR count). The summed E-state index contributed by atoms with van der Waals surface area (Å²) in [7, 11) is 3.30. The topological polar surface area (TPSA) is 46.9 Å². The standard InChI is InChI=1S/C6H8N3O/c1-7-6(10)5-3-4-9(2)8-5/h4H,1-2H3,(H,7,10). The highest BCUT2D eigenvalue weighted by atomic mass is 16.1. The van der Waals surface area contributed by atoms with E-state index in [1.54, 1.807) is 20.3 Å². The molecule has 0 aliphatic carbocycles. The van der Waals surface area contributed by atoms with Crippen molar-refractivity contribution in [1.82, 2.24) is 15.1 Å². The van der Waals surface area contributed by atoms with E-state index in [0.29, 0.717) is 5.69 Å². The molecular formula is C6H8N3O. The quantitative estimate of drug-likeness (QED) is 0.573. The molecule has 1 amide bonds. The van der Waals surface area contributed by atoms with Crippen LogP contribution in [0.4, 0.5) is 0 Å². The molecule has 0 saturated heterocycles. The summed E-state index contributed by atoms with van der Waals surface area (Å²) in [6.07, 6.45) is 1.60. The van der Waals surface area contributed by atoms with E-state index in [1.165, 1.54) is 4.68 Å². The molecule has 10 heavy (non-hydrogen) atoms. The molecule has 0 bridgehead atoms. The lowest BCUT2D eigenvalue weighted by molar-refractivity contribution is 0.0957. The number of rotatable bonds is 1. The van der Waals surface area contributed by atoms with Gasteiger partial charge in [-0.1, -0.05) is 0 Å². The Morgan fingerprint density at radius 3 is 3.00 bits per heavy atom. The molecule has 4 heteroatoms. The number of aryl methyl sites for hydroxylation is 1. The molecule has 0 saturated carbocycles. The van der Waals surface area contributed by atoms with Gasteiger partial charge in [-0.25, -0.2) is 0 Å². The molecule has 0 atom stereocenters. The third-order valence-corrected chi connectivity index (χ3v) is 1.09. The Morgan fingerprint density at radius 2 is 2.60 bits per heavy atom. The van der Waals surface area contributed by atoms with Crippen molar-refractivity contribution in [2.45, 2.75) is 0 Å². The molecule has 0 fully saturated rings. The molecule has 0 aliphatic heterocycles. The van der Waals surface area contributed by atoms with Gasteiger partial charge in [0.25, 0.3) is 5.91 Å². The van der Waals surface area contributed by atoms with Crippen LogP contribution in [0.3, 0.4) is 0 Å². The summed E-state index contributed by atoms with van der Waals surface area (Å²) >= 11 is 0. The molecular weight excluding hydrogens is 130 g/mol. The van der Waals surface area contributed by atoms with Gasteiger partial charge in [-0.15, -0.1) is 0 Å². The van der Waals surface area contributed by atoms with Gasteiger partial charge < -0.3 is 5.32 Å². The predicted octanol–water partition coefficient (Wildman–Crippen LogP) is -0.420. The summed E-state index contributed by atoms with van der Waals surface area (Å²) in [5.74, 6) is -0.208. The van der Waals surface area contributed by atoms with Crippen LogP contribution in [-0.4, -0.2) is 22.7 Å². The van der Waals surface area contributed by atoms with Gasteiger partial charge in [0.05, 0.1) is 0 Å². The molecule has 0 aliphatic rings. The fraction of sp³-hybridized carbons (Fsp3) is 0.333. The fourth-order valence-electron chi connectivity index (χ4n) is 0.599. The first-order chi connectivity index (χ1) is 4.74. The first-order valence-corrected chi connectivity index (χ1v) is 2.87. The zero-order valence-electron chi connectivity index (χ0n) is 5.88. The SMILES string of the molecule is CNC(=O)c1[c]cn(C)n1. The highest BCUT2D eigenvalue weighted by molar-refractivity contribution is 5.91. The lowest BCUT2D eigenvalue weighted by Crippen LogP contribution is -2.18. The van der Waals surface area contributed by atoms with Crippen molar-refractivity contribution < 1.29 is 4.79 Å². The van der Waals surface area contributed by atoms with Crippen LogP contribution in [0, 0.1) is 6.07 Å². The van der Waals surface area contributed by atoms with Gasteiger partial charge in [0.15, 0.2) is 5.69 Å². The summed E-state index contributed by atoms with van der Waals surface area (Å²) in [5.41, 5.74) is 0.324. The van der Waals surface area contributed by atoms with Gasteiger partial charge in [0, 0.05) is 26.4 Å². The highest BCUT2D eigenvalue weighted by Crippen LogP contribution is 1.90. The van der Waals surface area contributed by atoms with Crippen LogP contribution in [0.15, 0.2) is 6.20 Å². The van der Waals surface area contributed by atoms with E-state index in [-0.39, 0.29) is 5.91 Å². The minimum absolute atomic E-state index is 0.208. The van der Waals surface area contributed by atoms with Crippen molar-refractivity contribution in [2.75, 3.05) is 7.05 Å². The Hall–Kier alpha value is -1.32. The zero-order valence-corrected chi connectivity index (χ0v) is 5.88. The van der Waals surface area contributed by atoms with Crippen LogP contribution >= 0.6 is 0 Å². The molecule has 1 aromatic heterocycles. The fourth-order valence-corrected chi connectivity index (χ4v) is 0.599. The Labute approximate surface area is 58.8 Å². The number of hydrogen-bond donors (Lipinski definition) is 1. The van der Waals surface area contributed by atoms with E-state index in [1.807, 2.05) is 0 Å². The van der Waals surface area contributed by atoms with Gasteiger partial charge in [-0.3, -0.25) is 9.48 Å². The second kappa shape index (κ2) is 2.51. The van der Waals surface area contributed by atoms with Crippen LogP contribution < -0.4 is 5.32 Å². The largest absolute Gasteiger partial charge is 0.354 e. The Bertz CT molecular complexity index is 241. The third-order valence-electron chi connectivity index (χ3n) is 1.09. The second-order valence-electron chi connectivity index (χ2n) is 1.87. The molecule has 1 aromatic rings. The summed E-state index contributed by atoms with van der Waals surface area (Å²) in [6, 6.07) is 2.70. The van der Waals surface area contributed by atoms with Crippen LogP contribution in [0.1, 0.15) is 10.5 Å². The maximum atomic E-state index is 10.8. The second-order valence-corrected chi connectivity index (χ2v) is 1.87. The van der Waals surface area contributed by atoms with E-state index < -0.39 is 0 Å². The minimum Gasteiger partial charge on any atom is -0.354 e. The number of nitrogens with zero attached hydrogens (tertiary/aromatic N) is 2. The van der Waals surface area contributed by atoms with Crippen molar-refractivity contribution in [3.8, 4) is 0 Å². The summed E-state index contributed by atoms with van der Waals surface area (Å²) < 4.78 is 1.53. The van der Waals surface area contributed by atoms with Gasteiger partial charge in [0.2, 0.25) is 0 Å². The predicted molar refractivity (Wildman–Crippen MR) is 35.4 cm³/mol. The average molecular weight is 138 g/mol. The molecule has 0 spiro atoms. The van der Waals surface area contributed by atoms with E-state index in [9.17, 15) is 4.79 Å². The number of aromatic nitrogens is 2. The first-order valence-electron chi connectivity index (χ1n) is 2.87. The number of hydrogen-bond acceptors (Lipinski definition) is 2. The van der Waals surface area contributed by atoms with Crippen molar-refractivity contribution >= 4 is 5.91 Å². The highest BCUT2D eigenvalue weighted by Gasteiger charge is 2.04. The van der Waals surface area contributed by atoms with Crippen molar-refractivity contribution in [2.24, 2.45) is 7.05 Å². The van der Waals surface area contributed by atoms with Crippen molar-refractivity contribution in [3.63, 3.8) is 0 Å². The van der Waals surface area contributed by atoms with Crippen molar-refractivity contribution in [3.05, 3.63) is 18.0 Å². The number of amides is 1. The number of carbonyl (C=O) groups is 1. The average Bonchev–Trinajstić information content (AvgIpc) is 2.34. The van der Waals surface area contributed by atoms with Crippen LogP contribution in [-0.2, 0) is 7.05 Å². The smallest absolute Gasteiger partial charge is 0.272 e. The normalized spacial score (nSPS) is 9.40.